The first-order chi connectivity index (χ1) is 14.3. The Balaban J connectivity index is 1.68. The third kappa shape index (κ3) is 4.65. The van der Waals surface area contributed by atoms with E-state index < -0.39 is 30.2 Å². The molecule has 3 rings (SSSR count). The molecule has 1 aliphatic carbocycles. The lowest BCUT2D eigenvalue weighted by atomic mass is 9.64. The van der Waals surface area contributed by atoms with Gasteiger partial charge in [0, 0.05) is 5.56 Å². The molecule has 1 aliphatic heterocycles. The fourth-order valence-electron chi connectivity index (χ4n) is 5.29. The van der Waals surface area contributed by atoms with Crippen LogP contribution in [0, 0.1) is 25.2 Å². The highest BCUT2D eigenvalue weighted by atomic mass is 16.5. The first kappa shape index (κ1) is 23.0. The van der Waals surface area contributed by atoms with E-state index in [-0.39, 0.29) is 23.0 Å². The molecule has 1 spiro atoms. The highest BCUT2D eigenvalue weighted by Crippen LogP contribution is 2.46. The molecule has 0 bridgehead atoms. The van der Waals surface area contributed by atoms with Crippen LogP contribution in [0.25, 0.3) is 0 Å². The van der Waals surface area contributed by atoms with Gasteiger partial charge in [0.05, 0.1) is 0 Å². The van der Waals surface area contributed by atoms with E-state index in [4.69, 9.17) is 4.74 Å². The Kier molecular flexibility index (Phi) is 6.00. The largest absolute Gasteiger partial charge is 0.453 e. The van der Waals surface area contributed by atoms with E-state index in [2.05, 4.69) is 26.1 Å². The van der Waals surface area contributed by atoms with Crippen LogP contribution in [0.4, 0.5) is 4.79 Å². The maximum atomic E-state index is 13.2. The fourth-order valence-corrected chi connectivity index (χ4v) is 5.29. The molecule has 168 valence electrons. The number of benzene rings is 1. The van der Waals surface area contributed by atoms with E-state index in [1.165, 1.54) is 6.92 Å². The molecule has 0 unspecified atom stereocenters. The van der Waals surface area contributed by atoms with E-state index in [0.29, 0.717) is 18.4 Å². The van der Waals surface area contributed by atoms with Crippen molar-refractivity contribution in [3.05, 3.63) is 34.9 Å². The van der Waals surface area contributed by atoms with Crippen molar-refractivity contribution in [2.24, 2.45) is 11.3 Å². The van der Waals surface area contributed by atoms with Gasteiger partial charge in [-0.15, -0.1) is 0 Å². The summed E-state index contributed by atoms with van der Waals surface area (Å²) < 4.78 is 5.30. The molecule has 1 aromatic rings. The second-order valence-electron chi connectivity index (χ2n) is 10.1. The number of ether oxygens (including phenoxy) is 1. The molecule has 0 radical (unpaired) electrons. The molecule has 3 atom stereocenters. The fraction of sp³-hybridized carbons (Fsp3) is 0.583. The number of nitrogens with one attached hydrogen (secondary N) is 1. The average molecular weight is 429 g/mol. The number of carbonyl (C=O) groups is 4. The molecule has 3 amide bonds. The summed E-state index contributed by atoms with van der Waals surface area (Å²) in [7, 11) is 0. The molecule has 7 nitrogen and oxygen atoms in total. The van der Waals surface area contributed by atoms with Crippen molar-refractivity contribution in [1.82, 2.24) is 10.2 Å². The van der Waals surface area contributed by atoms with Gasteiger partial charge >= 0.3 is 12.0 Å². The summed E-state index contributed by atoms with van der Waals surface area (Å²) in [4.78, 5) is 51.9. The molecule has 2 fully saturated rings. The number of ketones is 1. The lowest BCUT2D eigenvalue weighted by Gasteiger charge is -2.43. The zero-order valence-corrected chi connectivity index (χ0v) is 19.2. The number of esters is 1. The van der Waals surface area contributed by atoms with E-state index in [1.807, 2.05) is 26.0 Å². The lowest BCUT2D eigenvalue weighted by Crippen LogP contribution is -2.54. The van der Waals surface area contributed by atoms with Crippen molar-refractivity contribution in [2.75, 3.05) is 6.54 Å². The van der Waals surface area contributed by atoms with Crippen molar-refractivity contribution < 1.29 is 23.9 Å². The number of aryl methyl sites for hydroxylation is 2. The topological polar surface area (TPSA) is 92.8 Å². The van der Waals surface area contributed by atoms with Crippen LogP contribution in [0.15, 0.2) is 18.2 Å². The monoisotopic (exact) mass is 428 g/mol. The van der Waals surface area contributed by atoms with Gasteiger partial charge < -0.3 is 10.1 Å². The van der Waals surface area contributed by atoms with Crippen molar-refractivity contribution in [1.29, 1.82) is 0 Å². The molecular formula is C24H32N2O5. The summed E-state index contributed by atoms with van der Waals surface area (Å²) in [5, 5.41) is 2.84. The smallest absolute Gasteiger partial charge is 0.326 e. The van der Waals surface area contributed by atoms with Crippen molar-refractivity contribution in [3.8, 4) is 0 Å². The molecule has 1 N–H and O–H groups in total. The van der Waals surface area contributed by atoms with Gasteiger partial charge in [-0.1, -0.05) is 38.5 Å². The van der Waals surface area contributed by atoms with Crippen LogP contribution in [0.1, 0.15) is 68.4 Å². The molecule has 0 aromatic heterocycles. The first-order valence-corrected chi connectivity index (χ1v) is 10.8. The average Bonchev–Trinajstić information content (AvgIpc) is 2.84. The van der Waals surface area contributed by atoms with Crippen molar-refractivity contribution >= 4 is 23.7 Å². The van der Waals surface area contributed by atoms with Crippen LogP contribution in [0.3, 0.4) is 0 Å². The summed E-state index contributed by atoms with van der Waals surface area (Å²) in [6, 6.07) is 4.93. The van der Waals surface area contributed by atoms with Gasteiger partial charge in [0.25, 0.3) is 5.91 Å². The second-order valence-corrected chi connectivity index (χ2v) is 10.1. The van der Waals surface area contributed by atoms with Gasteiger partial charge in [-0.05, 0) is 63.0 Å². The molecule has 1 saturated carbocycles. The molecule has 1 aromatic carbocycles. The summed E-state index contributed by atoms with van der Waals surface area (Å²) in [6.45, 7) is 10.9. The Morgan fingerprint density at radius 2 is 1.90 bits per heavy atom. The van der Waals surface area contributed by atoms with Crippen molar-refractivity contribution in [3.63, 3.8) is 0 Å². The first-order valence-electron chi connectivity index (χ1n) is 10.8. The van der Waals surface area contributed by atoms with Crippen LogP contribution in [-0.2, 0) is 14.3 Å². The van der Waals surface area contributed by atoms with Gasteiger partial charge in [0.2, 0.25) is 5.78 Å². The van der Waals surface area contributed by atoms with Gasteiger partial charge in [-0.3, -0.25) is 19.3 Å². The zero-order chi connectivity index (χ0) is 23.1. The Hall–Kier alpha value is -2.70. The summed E-state index contributed by atoms with van der Waals surface area (Å²) in [5.74, 6) is -1.21. The number of urea groups is 1. The minimum absolute atomic E-state index is 0.0935. The van der Waals surface area contributed by atoms with Crippen LogP contribution >= 0.6 is 0 Å². The lowest BCUT2D eigenvalue weighted by molar-refractivity contribution is -0.150. The predicted molar refractivity (Wildman–Crippen MR) is 116 cm³/mol. The quantitative estimate of drug-likeness (QED) is 0.440. The Morgan fingerprint density at radius 3 is 2.55 bits per heavy atom. The van der Waals surface area contributed by atoms with E-state index >= 15 is 0 Å². The van der Waals surface area contributed by atoms with E-state index in [1.54, 1.807) is 6.07 Å². The van der Waals surface area contributed by atoms with Crippen LogP contribution < -0.4 is 5.32 Å². The third-order valence-corrected chi connectivity index (χ3v) is 6.25. The number of amides is 3. The van der Waals surface area contributed by atoms with Gasteiger partial charge in [0.15, 0.2) is 6.10 Å². The second kappa shape index (κ2) is 8.09. The molecule has 1 saturated heterocycles. The maximum absolute atomic E-state index is 13.2. The van der Waals surface area contributed by atoms with Crippen LogP contribution in [0.5, 0.6) is 0 Å². The predicted octanol–water partition coefficient (Wildman–Crippen LogP) is 3.55. The minimum atomic E-state index is -1.02. The number of rotatable bonds is 5. The van der Waals surface area contributed by atoms with Gasteiger partial charge in [-0.2, -0.15) is 0 Å². The van der Waals surface area contributed by atoms with E-state index in [0.717, 1.165) is 22.4 Å². The number of hydrogen-bond acceptors (Lipinski definition) is 5. The molecule has 2 aliphatic rings. The summed E-state index contributed by atoms with van der Waals surface area (Å²) in [6.07, 6.45) is 1.03. The highest BCUT2D eigenvalue weighted by molar-refractivity contribution is 6.09. The number of carbonyl (C=O) groups excluding carboxylic acids is 4. The number of hydrogen-bond donors (Lipinski definition) is 1. The minimum Gasteiger partial charge on any atom is -0.453 e. The molecular weight excluding hydrogens is 396 g/mol. The Morgan fingerprint density at radius 1 is 1.23 bits per heavy atom. The Labute approximate surface area is 183 Å². The van der Waals surface area contributed by atoms with Gasteiger partial charge in [0.1, 0.15) is 12.1 Å². The number of Topliss-reactive ketones (excluding diaryl/α,β-unsaturated/α-hetero) is 1. The SMILES string of the molecule is Cc1ccc(C)c(C(=O)[C@H](C)OC(=O)CN2C(=O)N[C@]3(C[C@@H](C)CC(C)(C)C3)C2=O)c1. The zero-order valence-electron chi connectivity index (χ0n) is 19.2. The van der Waals surface area contributed by atoms with Crippen LogP contribution in [0.2, 0.25) is 0 Å². The van der Waals surface area contributed by atoms with E-state index in [9.17, 15) is 19.2 Å². The maximum Gasteiger partial charge on any atom is 0.326 e. The van der Waals surface area contributed by atoms with Crippen molar-refractivity contribution in [2.45, 2.75) is 72.4 Å². The van der Waals surface area contributed by atoms with Gasteiger partial charge in [-0.25, -0.2) is 4.79 Å². The van der Waals surface area contributed by atoms with Crippen LogP contribution in [-0.4, -0.2) is 46.8 Å². The summed E-state index contributed by atoms with van der Waals surface area (Å²) in [5.41, 5.74) is 1.15. The normalized spacial score (nSPS) is 26.0. The highest BCUT2D eigenvalue weighted by Gasteiger charge is 2.56. The molecule has 1 heterocycles. The number of imide groups is 1. The standard InChI is InChI=1S/C24H32N2O5/c1-14-7-8-16(3)18(9-14)20(28)17(4)31-19(27)12-26-21(29)24(25-22(26)30)11-15(2)10-23(5,6)13-24/h7-9,15,17H,10-13H2,1-6H3,(H,25,30)/t15-,17-,24-/m0/s1. The molecule has 31 heavy (non-hydrogen) atoms. The number of nitrogens with zero attached hydrogens (tertiary/aromatic N) is 1. The third-order valence-electron chi connectivity index (χ3n) is 6.25. The summed E-state index contributed by atoms with van der Waals surface area (Å²) >= 11 is 0. The Bertz CT molecular complexity index is 938. The molecule has 7 heteroatoms.